The molecule has 0 atom stereocenters. The monoisotopic (exact) mass is 245 g/mol. The first kappa shape index (κ1) is 10.4. The first-order valence-corrected chi connectivity index (χ1v) is 6.28. The van der Waals surface area contributed by atoms with Crippen molar-refractivity contribution in [1.29, 1.82) is 0 Å². The molecule has 0 unspecified atom stereocenters. The Balaban J connectivity index is 2.01. The molecule has 86 valence electrons. The Morgan fingerprint density at radius 1 is 1.47 bits per heavy atom. The van der Waals surface area contributed by atoms with E-state index in [0.29, 0.717) is 0 Å². The zero-order valence-corrected chi connectivity index (χ0v) is 10.1. The van der Waals surface area contributed by atoms with Crippen LogP contribution in [-0.4, -0.2) is 14.8 Å². The molecule has 1 aliphatic rings. The van der Waals surface area contributed by atoms with Crippen LogP contribution in [0, 0.1) is 6.92 Å². The number of nitrogens with one attached hydrogen (secondary N) is 1. The van der Waals surface area contributed by atoms with Gasteiger partial charge in [0, 0.05) is 23.3 Å². The normalized spacial score (nSPS) is 14.3. The van der Waals surface area contributed by atoms with E-state index in [1.807, 2.05) is 29.8 Å². The number of aryl methyl sites for hydroxylation is 1. The molecule has 0 bridgehead atoms. The van der Waals surface area contributed by atoms with E-state index in [0.717, 1.165) is 28.4 Å². The number of aromatic nitrogens is 2. The minimum Gasteiger partial charge on any atom is -0.317 e. The molecule has 2 aromatic rings. The third-order valence-corrected chi connectivity index (χ3v) is 3.51. The molecule has 0 fully saturated rings. The van der Waals surface area contributed by atoms with Gasteiger partial charge >= 0.3 is 0 Å². The summed E-state index contributed by atoms with van der Waals surface area (Å²) in [6, 6.07) is 6.01. The summed E-state index contributed by atoms with van der Waals surface area (Å²) < 4.78 is 1.98. The van der Waals surface area contributed by atoms with Crippen LogP contribution >= 0.6 is 11.8 Å². The molecule has 1 aromatic heterocycles. The average Bonchev–Trinajstić information content (AvgIpc) is 2.75. The van der Waals surface area contributed by atoms with Crippen LogP contribution in [0.1, 0.15) is 11.3 Å². The van der Waals surface area contributed by atoms with Crippen molar-refractivity contribution in [1.82, 2.24) is 9.55 Å². The van der Waals surface area contributed by atoms with E-state index in [2.05, 4.69) is 16.4 Å². The third kappa shape index (κ3) is 1.93. The second-order valence-electron chi connectivity index (χ2n) is 3.96. The van der Waals surface area contributed by atoms with E-state index in [-0.39, 0.29) is 5.24 Å². The predicted molar refractivity (Wildman–Crippen MR) is 68.6 cm³/mol. The van der Waals surface area contributed by atoms with Crippen LogP contribution in [0.4, 0.5) is 10.5 Å². The van der Waals surface area contributed by atoms with Crippen molar-refractivity contribution < 1.29 is 4.79 Å². The molecule has 1 aromatic carbocycles. The zero-order chi connectivity index (χ0) is 11.8. The molecule has 1 amide bonds. The lowest BCUT2D eigenvalue weighted by atomic mass is 10.1. The average molecular weight is 245 g/mol. The molecule has 0 saturated carbocycles. The molecule has 0 saturated heterocycles. The number of carbonyl (C=O) groups is 1. The van der Waals surface area contributed by atoms with E-state index in [9.17, 15) is 4.79 Å². The summed E-state index contributed by atoms with van der Waals surface area (Å²) in [5, 5.41) is 2.86. The van der Waals surface area contributed by atoms with E-state index in [1.165, 1.54) is 11.8 Å². The van der Waals surface area contributed by atoms with Crippen molar-refractivity contribution in [3.05, 3.63) is 42.0 Å². The number of carbonyl (C=O) groups excluding carboxylic acids is 1. The summed E-state index contributed by atoms with van der Waals surface area (Å²) in [7, 11) is 0. The van der Waals surface area contributed by atoms with E-state index in [4.69, 9.17) is 0 Å². The fourth-order valence-electron chi connectivity index (χ4n) is 1.83. The Hall–Kier alpha value is -1.75. The molecule has 0 spiro atoms. The third-order valence-electron chi connectivity index (χ3n) is 2.69. The van der Waals surface area contributed by atoms with Crippen LogP contribution in [0.15, 0.2) is 30.7 Å². The minimum absolute atomic E-state index is 0.0173. The lowest BCUT2D eigenvalue weighted by Gasteiger charge is -2.17. The molecule has 0 radical (unpaired) electrons. The summed E-state index contributed by atoms with van der Waals surface area (Å²) >= 11 is 1.29. The molecule has 4 nitrogen and oxygen atoms in total. The number of benzene rings is 1. The zero-order valence-electron chi connectivity index (χ0n) is 9.30. The van der Waals surface area contributed by atoms with Gasteiger partial charge in [-0.05, 0) is 30.7 Å². The van der Waals surface area contributed by atoms with Crippen molar-refractivity contribution in [2.75, 3.05) is 5.32 Å². The number of fused-ring (bicyclic) bond motifs is 1. The highest BCUT2D eigenvalue weighted by molar-refractivity contribution is 8.13. The fraction of sp³-hybridized carbons (Fsp3) is 0.167. The summed E-state index contributed by atoms with van der Waals surface area (Å²) in [4.78, 5) is 15.4. The van der Waals surface area contributed by atoms with Gasteiger partial charge in [-0.2, -0.15) is 0 Å². The van der Waals surface area contributed by atoms with Gasteiger partial charge in [0.05, 0.1) is 12.0 Å². The Labute approximate surface area is 103 Å². The molecule has 1 aliphatic heterocycles. The quantitative estimate of drug-likeness (QED) is 0.840. The number of nitrogens with zero attached hydrogens (tertiary/aromatic N) is 2. The Kier molecular flexibility index (Phi) is 2.40. The predicted octanol–water partition coefficient (Wildman–Crippen LogP) is 2.96. The van der Waals surface area contributed by atoms with E-state index < -0.39 is 0 Å². The summed E-state index contributed by atoms with van der Waals surface area (Å²) in [6.07, 6.45) is 3.78. The highest BCUT2D eigenvalue weighted by atomic mass is 32.2. The molecule has 17 heavy (non-hydrogen) atoms. The smallest absolute Gasteiger partial charge is 0.283 e. The van der Waals surface area contributed by atoms with Crippen molar-refractivity contribution in [3.8, 4) is 5.69 Å². The highest BCUT2D eigenvalue weighted by Gasteiger charge is 2.15. The van der Waals surface area contributed by atoms with Gasteiger partial charge < -0.3 is 9.88 Å². The largest absolute Gasteiger partial charge is 0.317 e. The maximum Gasteiger partial charge on any atom is 0.283 e. The SMILES string of the molecule is Cc1cn(-c2ccc3c(c2)CSC(=O)N3)cn1. The lowest BCUT2D eigenvalue weighted by molar-refractivity contribution is 0.269. The molecule has 5 heteroatoms. The highest BCUT2D eigenvalue weighted by Crippen LogP contribution is 2.30. The van der Waals surface area contributed by atoms with E-state index in [1.54, 1.807) is 6.33 Å². The summed E-state index contributed by atoms with van der Waals surface area (Å²) in [5.74, 6) is 0.725. The van der Waals surface area contributed by atoms with Gasteiger partial charge in [0.25, 0.3) is 5.24 Å². The molecule has 1 N–H and O–H groups in total. The molecule has 2 heterocycles. The van der Waals surface area contributed by atoms with Gasteiger partial charge in [-0.1, -0.05) is 11.8 Å². The maximum atomic E-state index is 11.2. The number of hydrogen-bond donors (Lipinski definition) is 1. The van der Waals surface area contributed by atoms with Gasteiger partial charge in [0.15, 0.2) is 0 Å². The first-order chi connectivity index (χ1) is 8.22. The number of rotatable bonds is 1. The van der Waals surface area contributed by atoms with Gasteiger partial charge in [0.1, 0.15) is 0 Å². The molecule has 0 aliphatic carbocycles. The second kappa shape index (κ2) is 3.92. The van der Waals surface area contributed by atoms with Crippen molar-refractivity contribution in [2.24, 2.45) is 0 Å². The van der Waals surface area contributed by atoms with E-state index >= 15 is 0 Å². The van der Waals surface area contributed by atoms with Gasteiger partial charge in [-0.25, -0.2) is 4.98 Å². The van der Waals surface area contributed by atoms with Crippen LogP contribution in [0.2, 0.25) is 0 Å². The van der Waals surface area contributed by atoms with Crippen molar-refractivity contribution in [2.45, 2.75) is 12.7 Å². The number of imidazole rings is 1. The molecular weight excluding hydrogens is 234 g/mol. The molecular formula is C12H11N3OS. The van der Waals surface area contributed by atoms with Crippen LogP contribution < -0.4 is 5.32 Å². The first-order valence-electron chi connectivity index (χ1n) is 5.30. The van der Waals surface area contributed by atoms with Gasteiger partial charge in [-0.3, -0.25) is 4.79 Å². The standard InChI is InChI=1S/C12H11N3OS/c1-8-5-15(7-13-8)10-2-3-11-9(4-10)6-17-12(16)14-11/h2-5,7H,6H2,1H3,(H,14,16). The van der Waals surface area contributed by atoms with Crippen LogP contribution in [-0.2, 0) is 5.75 Å². The topological polar surface area (TPSA) is 46.9 Å². The number of thioether (sulfide) groups is 1. The second-order valence-corrected chi connectivity index (χ2v) is 4.91. The van der Waals surface area contributed by atoms with Crippen molar-refractivity contribution >= 4 is 22.7 Å². The minimum atomic E-state index is 0.0173. The Bertz CT molecular complexity index is 591. The molecule has 3 rings (SSSR count). The van der Waals surface area contributed by atoms with Crippen LogP contribution in [0.25, 0.3) is 5.69 Å². The van der Waals surface area contributed by atoms with Gasteiger partial charge in [-0.15, -0.1) is 0 Å². The van der Waals surface area contributed by atoms with Crippen LogP contribution in [0.5, 0.6) is 0 Å². The van der Waals surface area contributed by atoms with Gasteiger partial charge in [0.2, 0.25) is 0 Å². The number of hydrogen-bond acceptors (Lipinski definition) is 3. The lowest BCUT2D eigenvalue weighted by Crippen LogP contribution is -2.12. The summed E-state index contributed by atoms with van der Waals surface area (Å²) in [6.45, 7) is 1.96. The number of anilines is 1. The number of amides is 1. The maximum absolute atomic E-state index is 11.2. The van der Waals surface area contributed by atoms with Crippen molar-refractivity contribution in [3.63, 3.8) is 0 Å². The Morgan fingerprint density at radius 2 is 2.35 bits per heavy atom. The summed E-state index contributed by atoms with van der Waals surface area (Å²) in [5.41, 5.74) is 4.12. The Morgan fingerprint density at radius 3 is 3.12 bits per heavy atom. The fourth-order valence-corrected chi connectivity index (χ4v) is 2.54. The van der Waals surface area contributed by atoms with Crippen LogP contribution in [0.3, 0.4) is 0 Å².